The summed E-state index contributed by atoms with van der Waals surface area (Å²) in [6.07, 6.45) is 1.76. The third-order valence-electron chi connectivity index (χ3n) is 4.31. The van der Waals surface area contributed by atoms with Gasteiger partial charge in [0.25, 0.3) is 0 Å². The third-order valence-corrected chi connectivity index (χ3v) is 5.56. The zero-order chi connectivity index (χ0) is 23.1. The van der Waals surface area contributed by atoms with Gasteiger partial charge in [-0.1, -0.05) is 31.2 Å². The minimum atomic E-state index is -4.19. The molecule has 32 heavy (non-hydrogen) atoms. The highest BCUT2D eigenvalue weighted by molar-refractivity contribution is 7.87. The molecular formula is C22H22N4O5S. The Balaban J connectivity index is 1.94. The van der Waals surface area contributed by atoms with Gasteiger partial charge in [-0.2, -0.15) is 8.42 Å². The van der Waals surface area contributed by atoms with Crippen molar-refractivity contribution in [2.24, 2.45) is 0 Å². The number of rotatable bonds is 7. The number of hydrogen-bond donors (Lipinski definition) is 3. The smallest absolute Gasteiger partial charge is 0.339 e. The van der Waals surface area contributed by atoms with E-state index in [4.69, 9.17) is 4.18 Å². The first kappa shape index (κ1) is 22.8. The minimum absolute atomic E-state index is 0.0522. The van der Waals surface area contributed by atoms with Crippen LogP contribution in [0.2, 0.25) is 0 Å². The summed E-state index contributed by atoms with van der Waals surface area (Å²) in [7, 11) is -4.19. The van der Waals surface area contributed by atoms with Gasteiger partial charge < -0.3 is 14.8 Å². The zero-order valence-electron chi connectivity index (χ0n) is 17.5. The molecular weight excluding hydrogens is 432 g/mol. The maximum absolute atomic E-state index is 12.8. The average Bonchev–Trinajstić information content (AvgIpc) is 2.77. The van der Waals surface area contributed by atoms with Gasteiger partial charge in [0.2, 0.25) is 5.91 Å². The molecule has 0 unspecified atom stereocenters. The lowest BCUT2D eigenvalue weighted by Gasteiger charge is -2.16. The van der Waals surface area contributed by atoms with Crippen LogP contribution in [-0.4, -0.2) is 25.3 Å². The van der Waals surface area contributed by atoms with E-state index in [0.29, 0.717) is 17.1 Å². The van der Waals surface area contributed by atoms with Gasteiger partial charge in [0.15, 0.2) is 5.75 Å². The summed E-state index contributed by atoms with van der Waals surface area (Å²) in [5.74, 6) is -0.0893. The van der Waals surface area contributed by atoms with E-state index in [-0.39, 0.29) is 28.7 Å². The first-order valence-electron chi connectivity index (χ1n) is 9.71. The number of amides is 3. The van der Waals surface area contributed by atoms with Crippen molar-refractivity contribution in [3.05, 3.63) is 72.4 Å². The molecule has 0 aliphatic heterocycles. The van der Waals surface area contributed by atoms with Crippen LogP contribution in [0.1, 0.15) is 18.9 Å². The molecule has 3 aromatic rings. The molecule has 2 aromatic carbocycles. The molecule has 1 aromatic heterocycles. The summed E-state index contributed by atoms with van der Waals surface area (Å²) in [6, 6.07) is 14.8. The van der Waals surface area contributed by atoms with Crippen LogP contribution in [0.25, 0.3) is 0 Å². The fourth-order valence-corrected chi connectivity index (χ4v) is 3.65. The summed E-state index contributed by atoms with van der Waals surface area (Å²) in [5, 5.41) is 7.82. The molecule has 9 nitrogen and oxygen atoms in total. The molecule has 0 saturated carbocycles. The normalized spacial score (nSPS) is 10.8. The average molecular weight is 455 g/mol. The first-order valence-corrected chi connectivity index (χ1v) is 11.1. The summed E-state index contributed by atoms with van der Waals surface area (Å²) < 4.78 is 30.9. The second kappa shape index (κ2) is 9.92. The predicted octanol–water partition coefficient (Wildman–Crippen LogP) is 4.15. The standard InChI is InChI=1S/C22H22N4O5S/c1-3-21(27)24-17-14-19(31-32(29,30)16-9-5-4-6-10-16)18(13-15(17)2)25-22(28)26-20-11-7-8-12-23-20/h4-14H,3H2,1-2H3,(H,24,27)(H2,23,25,26,28). The molecule has 3 N–H and O–H groups in total. The number of nitrogens with zero attached hydrogens (tertiary/aromatic N) is 1. The number of nitrogens with one attached hydrogen (secondary N) is 3. The van der Waals surface area contributed by atoms with E-state index in [0.717, 1.165) is 0 Å². The molecule has 10 heteroatoms. The van der Waals surface area contributed by atoms with Crippen molar-refractivity contribution >= 4 is 39.2 Å². The van der Waals surface area contributed by atoms with E-state index in [1.54, 1.807) is 50.2 Å². The second-order valence-electron chi connectivity index (χ2n) is 6.71. The Kier molecular flexibility index (Phi) is 7.06. The molecule has 0 fully saturated rings. The van der Waals surface area contributed by atoms with Crippen molar-refractivity contribution < 1.29 is 22.2 Å². The molecule has 0 aliphatic carbocycles. The Morgan fingerprint density at radius 2 is 1.66 bits per heavy atom. The van der Waals surface area contributed by atoms with Gasteiger partial charge in [0.1, 0.15) is 10.7 Å². The Morgan fingerprint density at radius 1 is 0.938 bits per heavy atom. The number of benzene rings is 2. The molecule has 0 aliphatic rings. The van der Waals surface area contributed by atoms with Gasteiger partial charge >= 0.3 is 16.1 Å². The summed E-state index contributed by atoms with van der Waals surface area (Å²) in [4.78, 5) is 28.3. The van der Waals surface area contributed by atoms with E-state index in [1.165, 1.54) is 30.5 Å². The number of urea groups is 1. The number of carbonyl (C=O) groups is 2. The predicted molar refractivity (Wildman–Crippen MR) is 121 cm³/mol. The molecule has 0 spiro atoms. The Hall–Kier alpha value is -3.92. The van der Waals surface area contributed by atoms with Crippen LogP contribution >= 0.6 is 0 Å². The first-order chi connectivity index (χ1) is 15.3. The molecule has 1 heterocycles. The maximum atomic E-state index is 12.8. The van der Waals surface area contributed by atoms with E-state index in [9.17, 15) is 18.0 Å². The second-order valence-corrected chi connectivity index (χ2v) is 8.26. The zero-order valence-corrected chi connectivity index (χ0v) is 18.3. The van der Waals surface area contributed by atoms with Crippen LogP contribution in [0.15, 0.2) is 71.8 Å². The van der Waals surface area contributed by atoms with Gasteiger partial charge in [0, 0.05) is 24.4 Å². The van der Waals surface area contributed by atoms with E-state index in [2.05, 4.69) is 20.9 Å². The lowest BCUT2D eigenvalue weighted by molar-refractivity contribution is -0.115. The van der Waals surface area contributed by atoms with Crippen LogP contribution in [0.5, 0.6) is 5.75 Å². The molecule has 0 radical (unpaired) electrons. The Bertz CT molecular complexity index is 1220. The number of carbonyl (C=O) groups excluding carboxylic acids is 2. The van der Waals surface area contributed by atoms with E-state index < -0.39 is 16.1 Å². The highest BCUT2D eigenvalue weighted by Crippen LogP contribution is 2.34. The van der Waals surface area contributed by atoms with Crippen molar-refractivity contribution in [2.75, 3.05) is 16.0 Å². The Labute approximate surface area is 186 Å². The Morgan fingerprint density at radius 3 is 2.31 bits per heavy atom. The van der Waals surface area contributed by atoms with Crippen LogP contribution in [0, 0.1) is 6.92 Å². The van der Waals surface area contributed by atoms with Crippen molar-refractivity contribution in [1.82, 2.24) is 4.98 Å². The number of aromatic nitrogens is 1. The van der Waals surface area contributed by atoms with E-state index >= 15 is 0 Å². The maximum Gasteiger partial charge on any atom is 0.339 e. The monoisotopic (exact) mass is 454 g/mol. The van der Waals surface area contributed by atoms with Gasteiger partial charge in [0.05, 0.1) is 5.69 Å². The quantitative estimate of drug-likeness (QED) is 0.460. The lowest BCUT2D eigenvalue weighted by Crippen LogP contribution is -2.21. The molecule has 0 saturated heterocycles. The summed E-state index contributed by atoms with van der Waals surface area (Å²) in [5.41, 5.74) is 1.07. The fourth-order valence-electron chi connectivity index (χ4n) is 2.69. The van der Waals surface area contributed by atoms with Crippen LogP contribution < -0.4 is 20.1 Å². The van der Waals surface area contributed by atoms with Crippen molar-refractivity contribution in [2.45, 2.75) is 25.2 Å². The fraction of sp³-hybridized carbons (Fsp3) is 0.136. The van der Waals surface area contributed by atoms with Crippen LogP contribution in [-0.2, 0) is 14.9 Å². The van der Waals surface area contributed by atoms with Crippen molar-refractivity contribution in [3.8, 4) is 5.75 Å². The van der Waals surface area contributed by atoms with Gasteiger partial charge in [-0.15, -0.1) is 0 Å². The topological polar surface area (TPSA) is 126 Å². The minimum Gasteiger partial charge on any atom is -0.377 e. The molecule has 0 bridgehead atoms. The van der Waals surface area contributed by atoms with Crippen LogP contribution in [0.4, 0.5) is 22.0 Å². The molecule has 166 valence electrons. The largest absolute Gasteiger partial charge is 0.377 e. The highest BCUT2D eigenvalue weighted by atomic mass is 32.2. The van der Waals surface area contributed by atoms with Gasteiger partial charge in [-0.3, -0.25) is 10.1 Å². The van der Waals surface area contributed by atoms with Gasteiger partial charge in [-0.25, -0.2) is 9.78 Å². The van der Waals surface area contributed by atoms with Crippen molar-refractivity contribution in [3.63, 3.8) is 0 Å². The number of anilines is 3. The number of pyridine rings is 1. The molecule has 0 atom stereocenters. The SMILES string of the molecule is CCC(=O)Nc1cc(OS(=O)(=O)c2ccccc2)c(NC(=O)Nc2ccccn2)cc1C. The number of hydrogen-bond acceptors (Lipinski definition) is 6. The number of aryl methyl sites for hydroxylation is 1. The molecule has 3 amide bonds. The van der Waals surface area contributed by atoms with E-state index in [1.807, 2.05) is 0 Å². The van der Waals surface area contributed by atoms with Crippen LogP contribution in [0.3, 0.4) is 0 Å². The summed E-state index contributed by atoms with van der Waals surface area (Å²) in [6.45, 7) is 3.41. The lowest BCUT2D eigenvalue weighted by atomic mass is 10.1. The van der Waals surface area contributed by atoms with Crippen molar-refractivity contribution in [1.29, 1.82) is 0 Å². The van der Waals surface area contributed by atoms with Gasteiger partial charge in [-0.05, 0) is 42.8 Å². The highest BCUT2D eigenvalue weighted by Gasteiger charge is 2.21. The summed E-state index contributed by atoms with van der Waals surface area (Å²) >= 11 is 0. The molecule has 3 rings (SSSR count). The third kappa shape index (κ3) is 5.82.